The highest BCUT2D eigenvalue weighted by Crippen LogP contribution is 1.77. The molecule has 0 radical (unpaired) electrons. The summed E-state index contributed by atoms with van der Waals surface area (Å²) in [6.45, 7) is 0.339. The van der Waals surface area contributed by atoms with Gasteiger partial charge in [-0.25, -0.2) is 10.8 Å². The van der Waals surface area contributed by atoms with Gasteiger partial charge in [0.2, 0.25) is 0 Å². The summed E-state index contributed by atoms with van der Waals surface area (Å²) in [7, 11) is 0. The Morgan fingerprint density at radius 3 is 2.67 bits per heavy atom. The smallest absolute Gasteiger partial charge is 0.313 e. The van der Waals surface area contributed by atoms with Crippen molar-refractivity contribution < 1.29 is 10.0 Å². The third kappa shape index (κ3) is 4.94. The molecular weight excluding hydrogens is 128 g/mol. The molecule has 0 unspecified atom stereocenters. The Bertz CT molecular complexity index is 95.8. The second-order valence-corrected chi connectivity index (χ2v) is 1.23. The average molecular weight is 136 g/mol. The topological polar surface area (TPSA) is 108 Å². The van der Waals surface area contributed by atoms with Crippen LogP contribution in [0.4, 0.5) is 0 Å². The van der Waals surface area contributed by atoms with E-state index in [2.05, 4.69) is 4.94 Å². The van der Waals surface area contributed by atoms with E-state index in [1.165, 1.54) is 0 Å². The van der Waals surface area contributed by atoms with Crippen LogP contribution in [0.25, 0.3) is 0 Å². The fraction of sp³-hybridized carbons (Fsp3) is 1.00. The van der Waals surface area contributed by atoms with Crippen molar-refractivity contribution in [3.63, 3.8) is 0 Å². The van der Waals surface area contributed by atoms with Gasteiger partial charge in [0.05, 0.1) is 6.54 Å². The van der Waals surface area contributed by atoms with Crippen LogP contribution >= 0.6 is 0 Å². The molecule has 0 amide bonds. The van der Waals surface area contributed by atoms with Crippen molar-refractivity contribution in [2.75, 3.05) is 13.1 Å². The Kier molecular flexibility index (Phi) is 3.60. The first-order chi connectivity index (χ1) is 4.16. The highest BCUT2D eigenvalue weighted by Gasteiger charge is 2.00. The molecule has 4 N–H and O–H groups in total. The van der Waals surface area contributed by atoms with Crippen LogP contribution in [0.5, 0.6) is 0 Å². The standard InChI is InChI=1S/C2H8N4O3/c3-1-2-5(4)9-6(7)8/h1-4H2. The van der Waals surface area contributed by atoms with Crippen molar-refractivity contribution in [2.24, 2.45) is 11.6 Å². The zero-order valence-corrected chi connectivity index (χ0v) is 4.69. The predicted octanol–water partition coefficient (Wildman–Crippen LogP) is -1.76. The van der Waals surface area contributed by atoms with E-state index in [0.29, 0.717) is 5.17 Å². The van der Waals surface area contributed by atoms with E-state index in [4.69, 9.17) is 11.6 Å². The van der Waals surface area contributed by atoms with Crippen molar-refractivity contribution in [2.45, 2.75) is 0 Å². The zero-order valence-electron chi connectivity index (χ0n) is 4.69. The van der Waals surface area contributed by atoms with Gasteiger partial charge >= 0.3 is 5.09 Å². The number of nitrogens with two attached hydrogens (primary N) is 2. The van der Waals surface area contributed by atoms with Crippen LogP contribution in [0.1, 0.15) is 0 Å². The maximum atomic E-state index is 9.51. The van der Waals surface area contributed by atoms with Crippen LogP contribution in [0, 0.1) is 10.1 Å². The lowest BCUT2D eigenvalue weighted by Gasteiger charge is -2.08. The normalized spacial score (nSPS) is 9.67. The summed E-state index contributed by atoms with van der Waals surface area (Å²) in [5.41, 5.74) is 4.98. The number of hydroxylamine groups is 1. The van der Waals surface area contributed by atoms with Crippen molar-refractivity contribution in [1.29, 1.82) is 0 Å². The van der Waals surface area contributed by atoms with E-state index >= 15 is 0 Å². The van der Waals surface area contributed by atoms with Crippen LogP contribution < -0.4 is 11.6 Å². The Labute approximate surface area is 51.2 Å². The summed E-state index contributed by atoms with van der Waals surface area (Å²) in [6.07, 6.45) is 0. The van der Waals surface area contributed by atoms with Crippen LogP contribution in [-0.2, 0) is 4.94 Å². The maximum absolute atomic E-state index is 9.51. The van der Waals surface area contributed by atoms with Crippen LogP contribution in [0.15, 0.2) is 0 Å². The van der Waals surface area contributed by atoms with Gasteiger partial charge in [0.25, 0.3) is 0 Å². The van der Waals surface area contributed by atoms with Crippen molar-refractivity contribution in [1.82, 2.24) is 5.17 Å². The summed E-state index contributed by atoms with van der Waals surface area (Å²) < 4.78 is 0. The molecule has 54 valence electrons. The highest BCUT2D eigenvalue weighted by atomic mass is 17.0. The number of hydrazine groups is 1. The van der Waals surface area contributed by atoms with E-state index < -0.39 is 5.09 Å². The van der Waals surface area contributed by atoms with E-state index in [1.807, 2.05) is 0 Å². The van der Waals surface area contributed by atoms with Gasteiger partial charge in [0, 0.05) is 6.54 Å². The summed E-state index contributed by atoms with van der Waals surface area (Å²) in [5, 5.41) is 9.06. The molecule has 0 aliphatic heterocycles. The van der Waals surface area contributed by atoms with Crippen molar-refractivity contribution in [3.05, 3.63) is 10.1 Å². The molecule has 0 saturated carbocycles. The number of hydrogen-bond donors (Lipinski definition) is 2. The zero-order chi connectivity index (χ0) is 7.28. The SMILES string of the molecule is NCCN(N)O[N+](=O)[O-]. The first-order valence-electron chi connectivity index (χ1n) is 2.21. The van der Waals surface area contributed by atoms with Gasteiger partial charge in [-0.3, -0.25) is 0 Å². The average Bonchev–Trinajstić information content (AvgIpc) is 1.63. The fourth-order valence-corrected chi connectivity index (χ4v) is 0.254. The monoisotopic (exact) mass is 136 g/mol. The molecule has 0 aliphatic rings. The van der Waals surface area contributed by atoms with Crippen molar-refractivity contribution >= 4 is 0 Å². The van der Waals surface area contributed by atoms with Gasteiger partial charge in [0.1, 0.15) is 0 Å². The van der Waals surface area contributed by atoms with Crippen LogP contribution in [-0.4, -0.2) is 23.3 Å². The molecule has 7 heteroatoms. The minimum absolute atomic E-state index is 0.126. The molecule has 0 aromatic carbocycles. The molecule has 0 aromatic heterocycles. The second-order valence-electron chi connectivity index (χ2n) is 1.23. The molecule has 0 rings (SSSR count). The first kappa shape index (κ1) is 8.08. The summed E-state index contributed by atoms with van der Waals surface area (Å²) >= 11 is 0. The quantitative estimate of drug-likeness (QED) is 0.269. The van der Waals surface area contributed by atoms with Gasteiger partial charge < -0.3 is 5.73 Å². The lowest BCUT2D eigenvalue weighted by molar-refractivity contribution is -0.811. The molecule has 0 aromatic rings. The van der Waals surface area contributed by atoms with Crippen molar-refractivity contribution in [3.8, 4) is 0 Å². The third-order valence-electron chi connectivity index (χ3n) is 0.521. The van der Waals surface area contributed by atoms with Gasteiger partial charge in [0.15, 0.2) is 0 Å². The van der Waals surface area contributed by atoms with E-state index in [9.17, 15) is 10.1 Å². The Balaban J connectivity index is 3.26. The number of rotatable bonds is 4. The van der Waals surface area contributed by atoms with E-state index in [1.54, 1.807) is 0 Å². The molecule has 0 heterocycles. The van der Waals surface area contributed by atoms with E-state index in [-0.39, 0.29) is 13.1 Å². The highest BCUT2D eigenvalue weighted by molar-refractivity contribution is 4.31. The molecule has 9 heavy (non-hydrogen) atoms. The van der Waals surface area contributed by atoms with Crippen LogP contribution in [0.2, 0.25) is 0 Å². The minimum atomic E-state index is -1.00. The third-order valence-corrected chi connectivity index (χ3v) is 0.521. The molecule has 0 atom stereocenters. The van der Waals surface area contributed by atoms with E-state index in [0.717, 1.165) is 0 Å². The Hall–Kier alpha value is -0.920. The number of hydrogen-bond acceptors (Lipinski definition) is 6. The maximum Gasteiger partial charge on any atom is 0.313 e. The Morgan fingerprint density at radius 2 is 2.33 bits per heavy atom. The summed E-state index contributed by atoms with van der Waals surface area (Å²) in [4.78, 5) is 13.2. The molecule has 7 nitrogen and oxygen atoms in total. The second kappa shape index (κ2) is 4.01. The van der Waals surface area contributed by atoms with Gasteiger partial charge in [-0.1, -0.05) is 5.17 Å². The minimum Gasteiger partial charge on any atom is -0.329 e. The lowest BCUT2D eigenvalue weighted by Crippen LogP contribution is -2.37. The lowest BCUT2D eigenvalue weighted by atomic mass is 10.7. The molecular formula is C2H8N4O3. The molecule has 0 saturated heterocycles. The Morgan fingerprint density at radius 1 is 1.78 bits per heavy atom. The molecule has 0 bridgehead atoms. The summed E-state index contributed by atoms with van der Waals surface area (Å²) in [6, 6.07) is 0. The number of nitrogens with zero attached hydrogens (tertiary/aromatic N) is 2. The molecule has 0 spiro atoms. The fourth-order valence-electron chi connectivity index (χ4n) is 0.254. The molecule has 0 aliphatic carbocycles. The predicted molar refractivity (Wildman–Crippen MR) is 28.0 cm³/mol. The molecule has 0 fully saturated rings. The van der Waals surface area contributed by atoms with Gasteiger partial charge in [-0.05, 0) is 0 Å². The first-order valence-corrected chi connectivity index (χ1v) is 2.21. The summed E-state index contributed by atoms with van der Waals surface area (Å²) in [5.74, 6) is 4.87. The largest absolute Gasteiger partial charge is 0.329 e. The van der Waals surface area contributed by atoms with Crippen LogP contribution in [0.3, 0.4) is 0 Å². The van der Waals surface area contributed by atoms with Gasteiger partial charge in [-0.2, -0.15) is 0 Å². The van der Waals surface area contributed by atoms with Gasteiger partial charge in [-0.15, -0.1) is 10.1 Å².